The molecule has 3 heteroatoms. The van der Waals surface area contributed by atoms with E-state index in [0.29, 0.717) is 12.2 Å². The largest absolute Gasteiger partial charge is 0.494 e. The topological polar surface area (TPSA) is 45.9 Å². The summed E-state index contributed by atoms with van der Waals surface area (Å²) in [5.74, 6) is 0.903. The van der Waals surface area contributed by atoms with Crippen molar-refractivity contribution in [2.24, 2.45) is 0 Å². The summed E-state index contributed by atoms with van der Waals surface area (Å²) in [6, 6.07) is 3.83. The van der Waals surface area contributed by atoms with Gasteiger partial charge >= 0.3 is 0 Å². The zero-order valence-electron chi connectivity index (χ0n) is 9.03. The van der Waals surface area contributed by atoms with Gasteiger partial charge in [0.25, 0.3) is 0 Å². The van der Waals surface area contributed by atoms with Gasteiger partial charge in [0.1, 0.15) is 12.7 Å². The van der Waals surface area contributed by atoms with E-state index in [-0.39, 0.29) is 0 Å². The van der Waals surface area contributed by atoms with E-state index in [1.165, 1.54) is 6.20 Å². The molecule has 0 fully saturated rings. The second-order valence-electron chi connectivity index (χ2n) is 3.21. The van der Waals surface area contributed by atoms with Crippen molar-refractivity contribution in [2.45, 2.75) is 26.9 Å². The summed E-state index contributed by atoms with van der Waals surface area (Å²) in [6.45, 7) is 4.45. The van der Waals surface area contributed by atoms with Crippen LogP contribution in [-0.2, 0) is 11.3 Å². The molecule has 1 rings (SSSR count). The number of rotatable bonds is 4. The van der Waals surface area contributed by atoms with Crippen LogP contribution in [0.1, 0.15) is 31.4 Å². The molecule has 0 radical (unpaired) electrons. The van der Waals surface area contributed by atoms with Gasteiger partial charge in [-0.1, -0.05) is 6.92 Å². The van der Waals surface area contributed by atoms with Gasteiger partial charge in [0.05, 0.1) is 11.3 Å². The van der Waals surface area contributed by atoms with Crippen molar-refractivity contribution in [1.82, 2.24) is 4.98 Å². The molecule has 0 saturated carbocycles. The summed E-state index contributed by atoms with van der Waals surface area (Å²) in [7, 11) is 0. The molecule has 0 bridgehead atoms. The van der Waals surface area contributed by atoms with E-state index in [9.17, 15) is 0 Å². The molecule has 0 aliphatic rings. The summed E-state index contributed by atoms with van der Waals surface area (Å²) < 4.78 is 5.48. The van der Waals surface area contributed by atoms with Gasteiger partial charge in [-0.05, 0) is 25.5 Å². The molecule has 3 nitrogen and oxygen atoms in total. The monoisotopic (exact) mass is 202 g/mol. The Balaban J connectivity index is 2.58. The predicted molar refractivity (Wildman–Crippen MR) is 57.8 cm³/mol. The lowest BCUT2D eigenvalue weighted by molar-refractivity contribution is 0.199. The number of hydrogen-bond donors (Lipinski definition) is 0. The van der Waals surface area contributed by atoms with Gasteiger partial charge in [0, 0.05) is 18.0 Å². The maximum Gasteiger partial charge on any atom is 0.114 e. The first-order valence-corrected chi connectivity index (χ1v) is 4.90. The highest BCUT2D eigenvalue weighted by atomic mass is 16.5. The number of ether oxygens (including phenoxy) is 1. The molecule has 0 saturated heterocycles. The van der Waals surface area contributed by atoms with Crippen molar-refractivity contribution < 1.29 is 4.74 Å². The maximum atomic E-state index is 8.68. The van der Waals surface area contributed by atoms with Crippen molar-refractivity contribution >= 4 is 0 Å². The van der Waals surface area contributed by atoms with Crippen LogP contribution in [-0.4, -0.2) is 4.98 Å². The molecule has 0 aliphatic carbocycles. The zero-order valence-corrected chi connectivity index (χ0v) is 9.03. The minimum absolute atomic E-state index is 0.463. The fraction of sp³-hybridized carbons (Fsp3) is 0.333. The summed E-state index contributed by atoms with van der Waals surface area (Å²) in [5, 5.41) is 8.68. The number of hydrogen-bond acceptors (Lipinski definition) is 3. The lowest BCUT2D eigenvalue weighted by Crippen LogP contribution is -1.93. The minimum Gasteiger partial charge on any atom is -0.494 e. The van der Waals surface area contributed by atoms with Crippen LogP contribution in [0.4, 0.5) is 0 Å². The zero-order chi connectivity index (χ0) is 11.1. The number of nitrogens with zero attached hydrogens (tertiary/aromatic N) is 2. The highest BCUT2D eigenvalue weighted by Gasteiger charge is 1.97. The third kappa shape index (κ3) is 3.82. The van der Waals surface area contributed by atoms with Crippen molar-refractivity contribution in [3.8, 4) is 6.07 Å². The van der Waals surface area contributed by atoms with Crippen LogP contribution in [0.15, 0.2) is 30.3 Å². The Morgan fingerprint density at radius 3 is 3.07 bits per heavy atom. The van der Waals surface area contributed by atoms with Gasteiger partial charge < -0.3 is 4.74 Å². The number of allylic oxidation sites excluding steroid dienone is 2. The first kappa shape index (κ1) is 11.3. The molecule has 0 unspecified atom stereocenters. The molecule has 1 aromatic rings. The van der Waals surface area contributed by atoms with Crippen molar-refractivity contribution in [2.75, 3.05) is 0 Å². The molecular formula is C12H14N2O. The van der Waals surface area contributed by atoms with E-state index < -0.39 is 0 Å². The Kier molecular flexibility index (Phi) is 4.36. The Labute approximate surface area is 90.0 Å². The normalized spacial score (nSPS) is 10.9. The van der Waals surface area contributed by atoms with Gasteiger partial charge in [-0.3, -0.25) is 4.98 Å². The lowest BCUT2D eigenvalue weighted by Gasteiger charge is -2.05. The number of aromatic nitrogens is 1. The van der Waals surface area contributed by atoms with Crippen LogP contribution in [0.3, 0.4) is 0 Å². The number of pyridine rings is 1. The van der Waals surface area contributed by atoms with Crippen LogP contribution >= 0.6 is 0 Å². The molecule has 0 aliphatic heterocycles. The average Bonchev–Trinajstić information content (AvgIpc) is 2.27. The van der Waals surface area contributed by atoms with Gasteiger partial charge in [-0.15, -0.1) is 0 Å². The molecule has 0 amide bonds. The van der Waals surface area contributed by atoms with E-state index in [2.05, 4.69) is 11.9 Å². The number of nitriles is 1. The smallest absolute Gasteiger partial charge is 0.114 e. The summed E-state index contributed by atoms with van der Waals surface area (Å²) in [6.07, 6.45) is 6.22. The quantitative estimate of drug-likeness (QED) is 0.705. The third-order valence-corrected chi connectivity index (χ3v) is 1.88. The second-order valence-corrected chi connectivity index (χ2v) is 3.21. The Bertz CT molecular complexity index is 391. The summed E-state index contributed by atoms with van der Waals surface area (Å²) in [4.78, 5) is 3.96. The van der Waals surface area contributed by atoms with E-state index in [0.717, 1.165) is 17.7 Å². The van der Waals surface area contributed by atoms with E-state index in [1.54, 1.807) is 12.3 Å². The molecule has 0 spiro atoms. The first-order valence-electron chi connectivity index (χ1n) is 4.90. The van der Waals surface area contributed by atoms with Crippen molar-refractivity contribution in [1.29, 1.82) is 5.26 Å². The van der Waals surface area contributed by atoms with Gasteiger partial charge in [0.15, 0.2) is 0 Å². The van der Waals surface area contributed by atoms with E-state index in [4.69, 9.17) is 10.00 Å². The van der Waals surface area contributed by atoms with Crippen LogP contribution in [0, 0.1) is 11.3 Å². The van der Waals surface area contributed by atoms with Gasteiger partial charge in [-0.25, -0.2) is 0 Å². The molecule has 15 heavy (non-hydrogen) atoms. The molecule has 0 N–H and O–H groups in total. The standard InChI is InChI=1S/C12H14N2O/c1-3-4-10(2)15-9-12-5-11(6-13)7-14-8-12/h4-5,7-8H,3,9H2,1-2H3/b10-4+. The lowest BCUT2D eigenvalue weighted by atomic mass is 10.2. The highest BCUT2D eigenvalue weighted by Crippen LogP contribution is 2.06. The van der Waals surface area contributed by atoms with Crippen LogP contribution in [0.2, 0.25) is 0 Å². The van der Waals surface area contributed by atoms with Crippen LogP contribution in [0.25, 0.3) is 0 Å². The average molecular weight is 202 g/mol. The fourth-order valence-electron chi connectivity index (χ4n) is 1.17. The van der Waals surface area contributed by atoms with Crippen LogP contribution in [0.5, 0.6) is 0 Å². The summed E-state index contributed by atoms with van der Waals surface area (Å²) >= 11 is 0. The second kappa shape index (κ2) is 5.82. The van der Waals surface area contributed by atoms with E-state index in [1.807, 2.05) is 19.1 Å². The van der Waals surface area contributed by atoms with Crippen molar-refractivity contribution in [3.05, 3.63) is 41.4 Å². The maximum absolute atomic E-state index is 8.68. The molecule has 0 atom stereocenters. The Morgan fingerprint density at radius 1 is 1.60 bits per heavy atom. The molecular weight excluding hydrogens is 188 g/mol. The SMILES string of the molecule is CC/C=C(\C)OCc1cncc(C#N)c1. The Hall–Kier alpha value is -1.82. The fourth-order valence-corrected chi connectivity index (χ4v) is 1.17. The molecule has 78 valence electrons. The minimum atomic E-state index is 0.463. The Morgan fingerprint density at radius 2 is 2.40 bits per heavy atom. The van der Waals surface area contributed by atoms with Crippen molar-refractivity contribution in [3.63, 3.8) is 0 Å². The molecule has 0 aromatic carbocycles. The predicted octanol–water partition coefficient (Wildman–Crippen LogP) is 2.78. The van der Waals surface area contributed by atoms with E-state index >= 15 is 0 Å². The first-order chi connectivity index (χ1) is 7.26. The summed E-state index contributed by atoms with van der Waals surface area (Å²) in [5.41, 5.74) is 1.48. The van der Waals surface area contributed by atoms with Crippen LogP contribution < -0.4 is 0 Å². The highest BCUT2D eigenvalue weighted by molar-refractivity contribution is 5.28. The molecule has 1 aromatic heterocycles. The third-order valence-electron chi connectivity index (χ3n) is 1.88. The van der Waals surface area contributed by atoms with Gasteiger partial charge in [-0.2, -0.15) is 5.26 Å². The van der Waals surface area contributed by atoms with Gasteiger partial charge in [0.2, 0.25) is 0 Å². The molecule has 1 heterocycles.